The molecule has 16 heavy (non-hydrogen) atoms. The molecule has 2 heterocycles. The van der Waals surface area contributed by atoms with Crippen LogP contribution in [0.4, 0.5) is 0 Å². The standard InChI is InChI=1S/C9H8N4O3/c1-16-8(15)6-5-12-13(7(6)14)9-10-3-2-4-11-9/h2-5,12H,1H3. The van der Waals surface area contributed by atoms with Crippen LogP contribution in [-0.4, -0.2) is 32.8 Å². The summed E-state index contributed by atoms with van der Waals surface area (Å²) in [6.45, 7) is 0. The van der Waals surface area contributed by atoms with Crippen molar-refractivity contribution >= 4 is 5.97 Å². The third-order valence-corrected chi connectivity index (χ3v) is 1.93. The fourth-order valence-corrected chi connectivity index (χ4v) is 1.18. The molecule has 0 aliphatic carbocycles. The van der Waals surface area contributed by atoms with Gasteiger partial charge in [-0.15, -0.1) is 0 Å². The highest BCUT2D eigenvalue weighted by atomic mass is 16.5. The van der Waals surface area contributed by atoms with Gasteiger partial charge in [0.25, 0.3) is 11.5 Å². The second-order valence-corrected chi connectivity index (χ2v) is 2.87. The van der Waals surface area contributed by atoms with Crippen LogP contribution in [0.25, 0.3) is 5.95 Å². The number of nitrogens with zero attached hydrogens (tertiary/aromatic N) is 3. The molecule has 0 saturated carbocycles. The Labute approximate surface area is 89.7 Å². The number of carbonyl (C=O) groups is 1. The van der Waals surface area contributed by atoms with Crippen molar-refractivity contribution in [1.29, 1.82) is 0 Å². The van der Waals surface area contributed by atoms with E-state index in [1.165, 1.54) is 25.7 Å². The zero-order chi connectivity index (χ0) is 11.5. The fourth-order valence-electron chi connectivity index (χ4n) is 1.18. The van der Waals surface area contributed by atoms with Crippen molar-refractivity contribution in [2.75, 3.05) is 7.11 Å². The minimum Gasteiger partial charge on any atom is -0.465 e. The maximum atomic E-state index is 11.7. The molecule has 2 rings (SSSR count). The molecule has 0 fully saturated rings. The molecule has 7 heteroatoms. The number of aromatic amines is 1. The van der Waals surface area contributed by atoms with E-state index in [0.29, 0.717) is 0 Å². The minimum atomic E-state index is -0.698. The quantitative estimate of drug-likeness (QED) is 0.704. The summed E-state index contributed by atoms with van der Waals surface area (Å²) in [6.07, 6.45) is 4.24. The van der Waals surface area contributed by atoms with E-state index in [1.807, 2.05) is 0 Å². The topological polar surface area (TPSA) is 89.9 Å². The van der Waals surface area contributed by atoms with Gasteiger partial charge < -0.3 is 4.74 Å². The summed E-state index contributed by atoms with van der Waals surface area (Å²) in [6, 6.07) is 1.62. The average molecular weight is 220 g/mol. The van der Waals surface area contributed by atoms with Crippen molar-refractivity contribution in [1.82, 2.24) is 19.7 Å². The number of H-pyrrole nitrogens is 1. The number of methoxy groups -OCH3 is 1. The average Bonchev–Trinajstić information content (AvgIpc) is 2.71. The molecule has 0 amide bonds. The summed E-state index contributed by atoms with van der Waals surface area (Å²) in [5.74, 6) is -0.529. The largest absolute Gasteiger partial charge is 0.465 e. The maximum absolute atomic E-state index is 11.7. The van der Waals surface area contributed by atoms with E-state index in [9.17, 15) is 9.59 Å². The lowest BCUT2D eigenvalue weighted by Crippen LogP contribution is -2.22. The first kappa shape index (κ1) is 10.1. The molecule has 0 aromatic carbocycles. The number of ether oxygens (including phenoxy) is 1. The van der Waals surface area contributed by atoms with E-state index >= 15 is 0 Å². The minimum absolute atomic E-state index is 0.0880. The third-order valence-electron chi connectivity index (χ3n) is 1.93. The van der Waals surface area contributed by atoms with E-state index in [1.54, 1.807) is 6.07 Å². The number of rotatable bonds is 2. The molecule has 2 aromatic heterocycles. The second-order valence-electron chi connectivity index (χ2n) is 2.87. The lowest BCUT2D eigenvalue weighted by Gasteiger charge is -1.96. The molecule has 7 nitrogen and oxygen atoms in total. The molecule has 0 saturated heterocycles. The Bertz CT molecular complexity index is 558. The Morgan fingerprint density at radius 1 is 1.44 bits per heavy atom. The molecule has 82 valence electrons. The normalized spacial score (nSPS) is 10.1. The smallest absolute Gasteiger partial charge is 0.345 e. The molecular formula is C9H8N4O3. The predicted octanol–water partition coefficient (Wildman–Crippen LogP) is -0.258. The van der Waals surface area contributed by atoms with Gasteiger partial charge in [0.05, 0.1) is 7.11 Å². The lowest BCUT2D eigenvalue weighted by molar-refractivity contribution is 0.0599. The van der Waals surface area contributed by atoms with E-state index in [2.05, 4.69) is 19.8 Å². The van der Waals surface area contributed by atoms with Crippen LogP contribution in [0.1, 0.15) is 10.4 Å². The number of carbonyl (C=O) groups excluding carboxylic acids is 1. The Balaban J connectivity index is 2.50. The predicted molar refractivity (Wildman–Crippen MR) is 53.3 cm³/mol. The van der Waals surface area contributed by atoms with Crippen LogP contribution in [0.3, 0.4) is 0 Å². The Morgan fingerprint density at radius 2 is 2.12 bits per heavy atom. The van der Waals surface area contributed by atoms with Crippen molar-refractivity contribution in [2.45, 2.75) is 0 Å². The Morgan fingerprint density at radius 3 is 2.75 bits per heavy atom. The summed E-state index contributed by atoms with van der Waals surface area (Å²) in [7, 11) is 1.21. The van der Waals surface area contributed by atoms with Crippen LogP contribution in [0.2, 0.25) is 0 Å². The number of nitrogens with one attached hydrogen (secondary N) is 1. The van der Waals surface area contributed by atoms with Crippen LogP contribution in [0, 0.1) is 0 Å². The number of hydrogen-bond donors (Lipinski definition) is 1. The number of hydrogen-bond acceptors (Lipinski definition) is 5. The zero-order valence-corrected chi connectivity index (χ0v) is 8.38. The lowest BCUT2D eigenvalue weighted by atomic mass is 10.4. The summed E-state index contributed by atoms with van der Waals surface area (Å²) < 4.78 is 5.51. The van der Waals surface area contributed by atoms with Gasteiger partial charge in [-0.05, 0) is 6.07 Å². The SMILES string of the molecule is COC(=O)c1c[nH]n(-c2ncccn2)c1=O. The zero-order valence-electron chi connectivity index (χ0n) is 8.38. The van der Waals surface area contributed by atoms with E-state index in [-0.39, 0.29) is 11.5 Å². The fraction of sp³-hybridized carbons (Fsp3) is 0.111. The summed E-state index contributed by atoms with van der Waals surface area (Å²) in [5, 5.41) is 2.58. The van der Waals surface area contributed by atoms with Gasteiger partial charge in [-0.25, -0.2) is 14.8 Å². The van der Waals surface area contributed by atoms with E-state index in [0.717, 1.165) is 4.68 Å². The van der Waals surface area contributed by atoms with Crippen LogP contribution < -0.4 is 5.56 Å². The second kappa shape index (κ2) is 3.97. The highest BCUT2D eigenvalue weighted by molar-refractivity contribution is 5.88. The monoisotopic (exact) mass is 220 g/mol. The van der Waals surface area contributed by atoms with Gasteiger partial charge in [0.1, 0.15) is 5.56 Å². The first-order valence-corrected chi connectivity index (χ1v) is 4.40. The molecule has 1 N–H and O–H groups in total. The highest BCUT2D eigenvalue weighted by Crippen LogP contribution is 1.97. The summed E-state index contributed by atoms with van der Waals surface area (Å²) >= 11 is 0. The maximum Gasteiger partial charge on any atom is 0.345 e. The van der Waals surface area contributed by atoms with Gasteiger partial charge in [0, 0.05) is 18.6 Å². The molecule has 0 unspecified atom stereocenters. The molecular weight excluding hydrogens is 212 g/mol. The van der Waals surface area contributed by atoms with Crippen molar-refractivity contribution in [3.05, 3.63) is 40.6 Å². The molecule has 2 aromatic rings. The van der Waals surface area contributed by atoms with Gasteiger partial charge in [0.2, 0.25) is 0 Å². The summed E-state index contributed by atoms with van der Waals surface area (Å²) in [5.41, 5.74) is -0.631. The summed E-state index contributed by atoms with van der Waals surface area (Å²) in [4.78, 5) is 30.7. The Hall–Kier alpha value is -2.44. The first-order valence-electron chi connectivity index (χ1n) is 4.40. The highest BCUT2D eigenvalue weighted by Gasteiger charge is 2.16. The van der Waals surface area contributed by atoms with Crippen molar-refractivity contribution in [3.8, 4) is 5.95 Å². The van der Waals surface area contributed by atoms with Crippen LogP contribution in [0.15, 0.2) is 29.5 Å². The van der Waals surface area contributed by atoms with Gasteiger partial charge in [-0.3, -0.25) is 9.89 Å². The van der Waals surface area contributed by atoms with Crippen molar-refractivity contribution in [3.63, 3.8) is 0 Å². The molecule has 0 atom stereocenters. The van der Waals surface area contributed by atoms with Gasteiger partial charge in [0.15, 0.2) is 0 Å². The van der Waals surface area contributed by atoms with Crippen LogP contribution >= 0.6 is 0 Å². The van der Waals surface area contributed by atoms with Gasteiger partial charge >= 0.3 is 5.97 Å². The molecule has 0 spiro atoms. The number of esters is 1. The molecule has 0 radical (unpaired) electrons. The number of aromatic nitrogens is 4. The van der Waals surface area contributed by atoms with Crippen molar-refractivity contribution < 1.29 is 9.53 Å². The Kier molecular flexibility index (Phi) is 2.50. The molecule has 0 aliphatic heterocycles. The van der Waals surface area contributed by atoms with Gasteiger partial charge in [-0.1, -0.05) is 0 Å². The van der Waals surface area contributed by atoms with Gasteiger partial charge in [-0.2, -0.15) is 4.68 Å². The molecule has 0 aliphatic rings. The third kappa shape index (κ3) is 1.58. The van der Waals surface area contributed by atoms with Crippen LogP contribution in [-0.2, 0) is 4.74 Å². The van der Waals surface area contributed by atoms with Crippen molar-refractivity contribution in [2.24, 2.45) is 0 Å². The molecule has 0 bridgehead atoms. The van der Waals surface area contributed by atoms with E-state index in [4.69, 9.17) is 0 Å². The first-order chi connectivity index (χ1) is 7.74. The van der Waals surface area contributed by atoms with Crippen LogP contribution in [0.5, 0.6) is 0 Å². The van der Waals surface area contributed by atoms with E-state index < -0.39 is 11.5 Å².